The molecule has 2 unspecified atom stereocenters. The van der Waals surface area contributed by atoms with Crippen LogP contribution in [0.25, 0.3) is 0 Å². The molecular formula is C21H28N6O. The molecule has 2 fully saturated rings. The van der Waals surface area contributed by atoms with Crippen molar-refractivity contribution in [1.82, 2.24) is 20.0 Å². The molecule has 0 spiro atoms. The molecule has 1 saturated heterocycles. The van der Waals surface area contributed by atoms with E-state index in [9.17, 15) is 4.79 Å². The predicted octanol–water partition coefficient (Wildman–Crippen LogP) is 1.67. The molecule has 7 heteroatoms. The molecular weight excluding hydrogens is 352 g/mol. The van der Waals surface area contributed by atoms with Crippen LogP contribution in [0.1, 0.15) is 18.9 Å². The van der Waals surface area contributed by atoms with Gasteiger partial charge >= 0.3 is 0 Å². The summed E-state index contributed by atoms with van der Waals surface area (Å²) in [6, 6.07) is 11.1. The summed E-state index contributed by atoms with van der Waals surface area (Å²) < 4.78 is 1.72. The van der Waals surface area contributed by atoms with Gasteiger partial charge in [-0.25, -0.2) is 0 Å². The first kappa shape index (κ1) is 18.5. The largest absolute Gasteiger partial charge is 0.353 e. The summed E-state index contributed by atoms with van der Waals surface area (Å²) in [5, 5.41) is 7.77. The molecule has 2 atom stereocenters. The zero-order valence-corrected chi connectivity index (χ0v) is 16.6. The molecule has 2 aliphatic rings. The Labute approximate surface area is 166 Å². The van der Waals surface area contributed by atoms with Crippen molar-refractivity contribution >= 4 is 17.6 Å². The van der Waals surface area contributed by atoms with Gasteiger partial charge < -0.3 is 15.1 Å². The summed E-state index contributed by atoms with van der Waals surface area (Å²) in [7, 11) is 1.86. The molecule has 1 aromatic carbocycles. The van der Waals surface area contributed by atoms with Crippen molar-refractivity contribution in [1.29, 1.82) is 0 Å². The minimum absolute atomic E-state index is 0.0847. The van der Waals surface area contributed by atoms with Crippen molar-refractivity contribution in [3.05, 3.63) is 48.3 Å². The number of anilines is 1. The van der Waals surface area contributed by atoms with Crippen LogP contribution in [0.5, 0.6) is 0 Å². The van der Waals surface area contributed by atoms with E-state index in [-0.39, 0.29) is 5.91 Å². The number of benzene rings is 1. The average Bonchev–Trinajstić information content (AvgIpc) is 3.27. The molecule has 1 amide bonds. The van der Waals surface area contributed by atoms with E-state index >= 15 is 0 Å². The Hall–Kier alpha value is -2.83. The van der Waals surface area contributed by atoms with Crippen molar-refractivity contribution in [2.75, 3.05) is 31.1 Å². The summed E-state index contributed by atoms with van der Waals surface area (Å²) in [5.41, 5.74) is 2.24. The highest BCUT2D eigenvalue weighted by Crippen LogP contribution is 2.34. The van der Waals surface area contributed by atoms with Crippen molar-refractivity contribution in [2.45, 2.75) is 25.8 Å². The van der Waals surface area contributed by atoms with Crippen LogP contribution in [-0.4, -0.2) is 58.8 Å². The molecule has 148 valence electrons. The summed E-state index contributed by atoms with van der Waals surface area (Å²) in [4.78, 5) is 21.2. The molecule has 0 radical (unpaired) electrons. The first-order valence-electron chi connectivity index (χ1n) is 10.0. The molecule has 1 saturated carbocycles. The van der Waals surface area contributed by atoms with E-state index in [2.05, 4.69) is 50.6 Å². The SMILES string of the molecule is CCN=C(NC1CC1Cc1ccccc1)N1CCN(c2cnn(C)c2)C(=O)C1. The van der Waals surface area contributed by atoms with E-state index in [0.29, 0.717) is 31.6 Å². The number of hydrogen-bond donors (Lipinski definition) is 1. The third-order valence-corrected chi connectivity index (χ3v) is 5.41. The second-order valence-corrected chi connectivity index (χ2v) is 7.57. The Kier molecular flexibility index (Phi) is 5.32. The van der Waals surface area contributed by atoms with Gasteiger partial charge in [0.15, 0.2) is 5.96 Å². The minimum atomic E-state index is 0.0847. The monoisotopic (exact) mass is 380 g/mol. The van der Waals surface area contributed by atoms with E-state index in [1.54, 1.807) is 10.9 Å². The Bertz CT molecular complexity index is 846. The van der Waals surface area contributed by atoms with Gasteiger partial charge in [-0.3, -0.25) is 14.5 Å². The smallest absolute Gasteiger partial charge is 0.246 e. The van der Waals surface area contributed by atoms with Gasteiger partial charge in [-0.2, -0.15) is 5.10 Å². The van der Waals surface area contributed by atoms with Crippen LogP contribution < -0.4 is 10.2 Å². The van der Waals surface area contributed by atoms with Gasteiger partial charge in [0.25, 0.3) is 0 Å². The molecule has 2 heterocycles. The van der Waals surface area contributed by atoms with Crippen LogP contribution in [-0.2, 0) is 18.3 Å². The van der Waals surface area contributed by atoms with Gasteiger partial charge in [-0.05, 0) is 31.2 Å². The Balaban J connectivity index is 1.34. The summed E-state index contributed by atoms with van der Waals surface area (Å²) in [5.74, 6) is 1.58. The first-order chi connectivity index (χ1) is 13.6. The summed E-state index contributed by atoms with van der Waals surface area (Å²) in [6.45, 7) is 4.49. The number of nitrogens with one attached hydrogen (secondary N) is 1. The lowest BCUT2D eigenvalue weighted by atomic mass is 10.1. The van der Waals surface area contributed by atoms with Gasteiger partial charge in [0.2, 0.25) is 5.91 Å². The van der Waals surface area contributed by atoms with Gasteiger partial charge in [0, 0.05) is 38.9 Å². The normalized spacial score (nSPS) is 22.5. The molecule has 1 aliphatic heterocycles. The van der Waals surface area contributed by atoms with Crippen molar-refractivity contribution in [3.63, 3.8) is 0 Å². The van der Waals surface area contributed by atoms with E-state index in [1.807, 2.05) is 25.1 Å². The molecule has 0 bridgehead atoms. The number of hydrogen-bond acceptors (Lipinski definition) is 3. The van der Waals surface area contributed by atoms with E-state index in [1.165, 1.54) is 5.56 Å². The number of nitrogens with zero attached hydrogens (tertiary/aromatic N) is 5. The number of aliphatic imine (C=N–C) groups is 1. The summed E-state index contributed by atoms with van der Waals surface area (Å²) in [6.07, 6.45) is 5.86. The fourth-order valence-electron chi connectivity index (χ4n) is 3.79. The number of carbonyl (C=O) groups excluding carboxylic acids is 1. The quantitative estimate of drug-likeness (QED) is 0.633. The van der Waals surface area contributed by atoms with Crippen LogP contribution in [0.3, 0.4) is 0 Å². The minimum Gasteiger partial charge on any atom is -0.353 e. The number of carbonyl (C=O) groups is 1. The molecule has 1 aliphatic carbocycles. The summed E-state index contributed by atoms with van der Waals surface area (Å²) >= 11 is 0. The van der Waals surface area contributed by atoms with E-state index < -0.39 is 0 Å². The van der Waals surface area contributed by atoms with Crippen LogP contribution in [0.15, 0.2) is 47.7 Å². The molecule has 7 nitrogen and oxygen atoms in total. The third-order valence-electron chi connectivity index (χ3n) is 5.41. The Morgan fingerprint density at radius 3 is 2.79 bits per heavy atom. The number of aryl methyl sites for hydroxylation is 1. The topological polar surface area (TPSA) is 65.8 Å². The lowest BCUT2D eigenvalue weighted by molar-refractivity contribution is -0.120. The van der Waals surface area contributed by atoms with Crippen LogP contribution in [0.2, 0.25) is 0 Å². The first-order valence-corrected chi connectivity index (χ1v) is 10.0. The maximum atomic E-state index is 12.7. The highest BCUT2D eigenvalue weighted by molar-refractivity contribution is 5.98. The molecule has 28 heavy (non-hydrogen) atoms. The van der Waals surface area contributed by atoms with E-state index in [0.717, 1.165) is 31.0 Å². The van der Waals surface area contributed by atoms with E-state index in [4.69, 9.17) is 0 Å². The third kappa shape index (κ3) is 4.18. The number of rotatable bonds is 5. The van der Waals surface area contributed by atoms with Gasteiger partial charge in [0.05, 0.1) is 11.9 Å². The zero-order chi connectivity index (χ0) is 19.5. The Morgan fingerprint density at radius 1 is 1.29 bits per heavy atom. The maximum absolute atomic E-state index is 12.7. The highest BCUT2D eigenvalue weighted by Gasteiger charge is 2.39. The fourth-order valence-corrected chi connectivity index (χ4v) is 3.79. The lowest BCUT2D eigenvalue weighted by Gasteiger charge is -2.35. The standard InChI is InChI=1S/C21H28N6O/c1-3-22-21(24-19-12-17(19)11-16-7-5-4-6-8-16)26-9-10-27(20(28)15-26)18-13-23-25(2)14-18/h4-8,13-14,17,19H,3,9-12,15H2,1-2H3,(H,22,24). The van der Waals surface area contributed by atoms with Crippen molar-refractivity contribution in [2.24, 2.45) is 18.0 Å². The molecule has 1 N–H and O–H groups in total. The van der Waals surface area contributed by atoms with Crippen LogP contribution in [0, 0.1) is 5.92 Å². The molecule has 2 aromatic rings. The second kappa shape index (κ2) is 8.04. The predicted molar refractivity (Wildman–Crippen MR) is 110 cm³/mol. The van der Waals surface area contributed by atoms with Crippen LogP contribution >= 0.6 is 0 Å². The van der Waals surface area contributed by atoms with Crippen LogP contribution in [0.4, 0.5) is 5.69 Å². The van der Waals surface area contributed by atoms with Gasteiger partial charge in [-0.1, -0.05) is 30.3 Å². The van der Waals surface area contributed by atoms with Crippen molar-refractivity contribution < 1.29 is 4.79 Å². The average molecular weight is 380 g/mol. The maximum Gasteiger partial charge on any atom is 0.246 e. The molecule has 1 aromatic heterocycles. The lowest BCUT2D eigenvalue weighted by Crippen LogP contribution is -2.55. The second-order valence-electron chi connectivity index (χ2n) is 7.57. The number of amides is 1. The fraction of sp³-hybridized carbons (Fsp3) is 0.476. The number of aromatic nitrogens is 2. The Morgan fingerprint density at radius 2 is 2.11 bits per heavy atom. The van der Waals surface area contributed by atoms with Gasteiger partial charge in [-0.15, -0.1) is 0 Å². The highest BCUT2D eigenvalue weighted by atomic mass is 16.2. The zero-order valence-electron chi connectivity index (χ0n) is 16.6. The van der Waals surface area contributed by atoms with Gasteiger partial charge in [0.1, 0.15) is 6.54 Å². The molecule has 4 rings (SSSR count). The van der Waals surface area contributed by atoms with Crippen molar-refractivity contribution in [3.8, 4) is 0 Å². The number of piperazine rings is 1. The number of guanidine groups is 1.